The number of amides is 1. The van der Waals surface area contributed by atoms with E-state index >= 15 is 0 Å². The predicted molar refractivity (Wildman–Crippen MR) is 90.6 cm³/mol. The Morgan fingerprint density at radius 2 is 2.00 bits per heavy atom. The minimum atomic E-state index is -0.220. The van der Waals surface area contributed by atoms with E-state index in [0.717, 1.165) is 30.6 Å². The van der Waals surface area contributed by atoms with E-state index < -0.39 is 0 Å². The highest BCUT2D eigenvalue weighted by Gasteiger charge is 2.14. The van der Waals surface area contributed by atoms with Gasteiger partial charge < -0.3 is 9.47 Å². The standard InChI is InChI=1S/C19H25FN2O/c1-3-7-19(23)22(11-4-2)15-18-10-6-12-21(18)14-16-8-5-9-17(20)13-16/h5-6,8-10,12-13H,3-4,7,11,14-15H2,1-2H3. The molecule has 0 aliphatic rings. The van der Waals surface area contributed by atoms with Crippen LogP contribution in [0.4, 0.5) is 4.39 Å². The molecule has 0 aliphatic heterocycles. The van der Waals surface area contributed by atoms with E-state index in [-0.39, 0.29) is 11.7 Å². The summed E-state index contributed by atoms with van der Waals surface area (Å²) in [7, 11) is 0. The Balaban J connectivity index is 2.11. The first-order valence-corrected chi connectivity index (χ1v) is 8.30. The molecule has 2 aromatic rings. The van der Waals surface area contributed by atoms with Crippen molar-refractivity contribution in [3.63, 3.8) is 0 Å². The SMILES string of the molecule is CCCC(=O)N(CCC)Cc1cccn1Cc1cccc(F)c1. The second kappa shape index (κ2) is 8.51. The van der Waals surface area contributed by atoms with E-state index in [9.17, 15) is 9.18 Å². The van der Waals surface area contributed by atoms with Crippen molar-refractivity contribution in [2.75, 3.05) is 6.54 Å². The van der Waals surface area contributed by atoms with Crippen molar-refractivity contribution in [1.82, 2.24) is 9.47 Å². The number of hydrogen-bond donors (Lipinski definition) is 0. The molecule has 0 atom stereocenters. The fraction of sp³-hybridized carbons (Fsp3) is 0.421. The van der Waals surface area contributed by atoms with Crippen LogP contribution in [0, 0.1) is 5.82 Å². The zero-order valence-electron chi connectivity index (χ0n) is 14.0. The molecule has 1 heterocycles. The van der Waals surface area contributed by atoms with E-state index in [0.29, 0.717) is 19.5 Å². The van der Waals surface area contributed by atoms with E-state index in [1.807, 2.05) is 36.2 Å². The number of aromatic nitrogens is 1. The molecule has 0 radical (unpaired) electrons. The molecule has 0 spiro atoms. The summed E-state index contributed by atoms with van der Waals surface area (Å²) in [6, 6.07) is 10.6. The summed E-state index contributed by atoms with van der Waals surface area (Å²) in [5.74, 6) is -0.0187. The Hall–Kier alpha value is -2.10. The van der Waals surface area contributed by atoms with Crippen molar-refractivity contribution in [3.05, 3.63) is 59.7 Å². The normalized spacial score (nSPS) is 10.7. The Labute approximate surface area is 137 Å². The molecule has 0 saturated heterocycles. The van der Waals surface area contributed by atoms with Crippen LogP contribution in [0.15, 0.2) is 42.6 Å². The molecule has 0 unspecified atom stereocenters. The zero-order valence-corrected chi connectivity index (χ0v) is 14.0. The van der Waals surface area contributed by atoms with Crippen LogP contribution in [0.1, 0.15) is 44.4 Å². The Bertz CT molecular complexity index is 636. The van der Waals surface area contributed by atoms with Crippen LogP contribution in [-0.4, -0.2) is 21.9 Å². The van der Waals surface area contributed by atoms with Gasteiger partial charge in [-0.3, -0.25) is 4.79 Å². The highest BCUT2D eigenvalue weighted by Crippen LogP contribution is 2.13. The lowest BCUT2D eigenvalue weighted by Crippen LogP contribution is -2.31. The molecule has 124 valence electrons. The van der Waals surface area contributed by atoms with Gasteiger partial charge in [-0.15, -0.1) is 0 Å². The lowest BCUT2D eigenvalue weighted by molar-refractivity contribution is -0.132. The Morgan fingerprint density at radius 3 is 2.70 bits per heavy atom. The van der Waals surface area contributed by atoms with Crippen LogP contribution in [0.5, 0.6) is 0 Å². The third kappa shape index (κ3) is 4.95. The summed E-state index contributed by atoms with van der Waals surface area (Å²) < 4.78 is 15.4. The number of rotatable bonds is 8. The zero-order chi connectivity index (χ0) is 16.7. The second-order valence-electron chi connectivity index (χ2n) is 5.82. The van der Waals surface area contributed by atoms with Crippen molar-refractivity contribution in [3.8, 4) is 0 Å². The van der Waals surface area contributed by atoms with Gasteiger partial charge in [0, 0.05) is 31.4 Å². The van der Waals surface area contributed by atoms with Gasteiger partial charge >= 0.3 is 0 Å². The summed E-state index contributed by atoms with van der Waals surface area (Å²) in [4.78, 5) is 14.2. The predicted octanol–water partition coefficient (Wildman–Crippen LogP) is 4.21. The molecule has 2 rings (SSSR count). The van der Waals surface area contributed by atoms with Crippen molar-refractivity contribution in [1.29, 1.82) is 0 Å². The third-order valence-electron chi connectivity index (χ3n) is 3.83. The first-order chi connectivity index (χ1) is 11.1. The maximum atomic E-state index is 13.3. The maximum Gasteiger partial charge on any atom is 0.222 e. The summed E-state index contributed by atoms with van der Waals surface area (Å²) in [6.07, 6.45) is 4.38. The van der Waals surface area contributed by atoms with Crippen LogP contribution in [0.3, 0.4) is 0 Å². The summed E-state index contributed by atoms with van der Waals surface area (Å²) in [5, 5.41) is 0. The van der Waals surface area contributed by atoms with Crippen molar-refractivity contribution in [2.24, 2.45) is 0 Å². The highest BCUT2D eigenvalue weighted by atomic mass is 19.1. The molecule has 1 aromatic heterocycles. The van der Waals surface area contributed by atoms with Gasteiger partial charge in [0.05, 0.1) is 6.54 Å². The Morgan fingerprint density at radius 1 is 1.17 bits per heavy atom. The van der Waals surface area contributed by atoms with Gasteiger partial charge in [-0.2, -0.15) is 0 Å². The average molecular weight is 316 g/mol. The summed E-state index contributed by atoms with van der Waals surface area (Å²) >= 11 is 0. The highest BCUT2D eigenvalue weighted by molar-refractivity contribution is 5.76. The van der Waals surface area contributed by atoms with Gasteiger partial charge in [-0.25, -0.2) is 4.39 Å². The van der Waals surface area contributed by atoms with Crippen LogP contribution >= 0.6 is 0 Å². The Kier molecular flexibility index (Phi) is 6.39. The number of benzene rings is 1. The fourth-order valence-electron chi connectivity index (χ4n) is 2.71. The molecule has 0 N–H and O–H groups in total. The van der Waals surface area contributed by atoms with E-state index in [2.05, 4.69) is 11.5 Å². The molecule has 4 heteroatoms. The van der Waals surface area contributed by atoms with Crippen molar-refractivity contribution < 1.29 is 9.18 Å². The number of hydrogen-bond acceptors (Lipinski definition) is 1. The van der Waals surface area contributed by atoms with Crippen molar-refractivity contribution >= 4 is 5.91 Å². The number of carbonyl (C=O) groups excluding carboxylic acids is 1. The second-order valence-corrected chi connectivity index (χ2v) is 5.82. The van der Waals surface area contributed by atoms with Gasteiger partial charge in [-0.1, -0.05) is 26.0 Å². The first kappa shape index (κ1) is 17.3. The van der Waals surface area contributed by atoms with Crippen molar-refractivity contribution in [2.45, 2.75) is 46.2 Å². The average Bonchev–Trinajstić information content (AvgIpc) is 2.94. The molecule has 0 aliphatic carbocycles. The maximum absolute atomic E-state index is 13.3. The molecule has 0 saturated carbocycles. The number of halogens is 1. The summed E-state index contributed by atoms with van der Waals surface area (Å²) in [5.41, 5.74) is 2.00. The summed E-state index contributed by atoms with van der Waals surface area (Å²) in [6.45, 7) is 6.09. The molecule has 3 nitrogen and oxygen atoms in total. The molecular weight excluding hydrogens is 291 g/mol. The molecule has 0 fully saturated rings. The number of carbonyl (C=O) groups is 1. The van der Waals surface area contributed by atoms with Crippen LogP contribution in [-0.2, 0) is 17.9 Å². The van der Waals surface area contributed by atoms with E-state index in [1.54, 1.807) is 12.1 Å². The topological polar surface area (TPSA) is 25.2 Å². The van der Waals surface area contributed by atoms with Crippen LogP contribution in [0.2, 0.25) is 0 Å². The molecule has 23 heavy (non-hydrogen) atoms. The van der Waals surface area contributed by atoms with Crippen LogP contribution < -0.4 is 0 Å². The lowest BCUT2D eigenvalue weighted by Gasteiger charge is -2.23. The minimum Gasteiger partial charge on any atom is -0.345 e. The molecule has 0 bridgehead atoms. The fourth-order valence-corrected chi connectivity index (χ4v) is 2.71. The lowest BCUT2D eigenvalue weighted by atomic mass is 10.2. The van der Waals surface area contributed by atoms with Gasteiger partial charge in [-0.05, 0) is 42.7 Å². The van der Waals surface area contributed by atoms with Gasteiger partial charge in [0.2, 0.25) is 5.91 Å². The molecule has 1 amide bonds. The van der Waals surface area contributed by atoms with Gasteiger partial charge in [0.25, 0.3) is 0 Å². The van der Waals surface area contributed by atoms with Gasteiger partial charge in [0.15, 0.2) is 0 Å². The van der Waals surface area contributed by atoms with Gasteiger partial charge in [0.1, 0.15) is 5.82 Å². The van der Waals surface area contributed by atoms with E-state index in [1.165, 1.54) is 6.07 Å². The first-order valence-electron chi connectivity index (χ1n) is 8.30. The number of nitrogens with zero attached hydrogens (tertiary/aromatic N) is 2. The quantitative estimate of drug-likeness (QED) is 0.716. The minimum absolute atomic E-state index is 0.202. The van der Waals surface area contributed by atoms with Crippen LogP contribution in [0.25, 0.3) is 0 Å². The monoisotopic (exact) mass is 316 g/mol. The third-order valence-corrected chi connectivity index (χ3v) is 3.83. The smallest absolute Gasteiger partial charge is 0.222 e. The van der Waals surface area contributed by atoms with E-state index in [4.69, 9.17) is 0 Å². The molecular formula is C19H25FN2O. The molecule has 1 aromatic carbocycles. The largest absolute Gasteiger partial charge is 0.345 e.